The van der Waals surface area contributed by atoms with Crippen LogP contribution in [0.5, 0.6) is 0 Å². The van der Waals surface area contributed by atoms with Gasteiger partial charge in [0.25, 0.3) is 0 Å². The standard InChI is InChI=1S/C12H20N2O2/c1-14(2)11(10-3-5-15-6-4-10)12(7-13)8-16-9-12/h10-11H,3-6,8-9H2,1-2H3. The second-order valence-electron chi connectivity index (χ2n) is 5.12. The first-order valence-electron chi connectivity index (χ1n) is 5.93. The molecule has 0 aromatic heterocycles. The summed E-state index contributed by atoms with van der Waals surface area (Å²) in [5.74, 6) is 0.562. The third kappa shape index (κ3) is 1.95. The highest BCUT2D eigenvalue weighted by Gasteiger charge is 2.50. The number of hydrogen-bond acceptors (Lipinski definition) is 4. The van der Waals surface area contributed by atoms with Gasteiger partial charge >= 0.3 is 0 Å². The van der Waals surface area contributed by atoms with Crippen molar-refractivity contribution in [1.29, 1.82) is 5.26 Å². The van der Waals surface area contributed by atoms with Crippen LogP contribution in [0.3, 0.4) is 0 Å². The van der Waals surface area contributed by atoms with E-state index in [-0.39, 0.29) is 5.41 Å². The summed E-state index contributed by atoms with van der Waals surface area (Å²) in [6.45, 7) is 2.84. The lowest BCUT2D eigenvalue weighted by Gasteiger charge is -2.48. The van der Waals surface area contributed by atoms with Crippen LogP contribution in [0.2, 0.25) is 0 Å². The highest BCUT2D eigenvalue weighted by Crippen LogP contribution is 2.39. The molecule has 4 nitrogen and oxygen atoms in total. The fourth-order valence-corrected chi connectivity index (χ4v) is 3.02. The van der Waals surface area contributed by atoms with E-state index in [1.165, 1.54) is 0 Å². The van der Waals surface area contributed by atoms with Gasteiger partial charge in [-0.2, -0.15) is 5.26 Å². The van der Waals surface area contributed by atoms with Gasteiger partial charge in [0.15, 0.2) is 0 Å². The first-order valence-corrected chi connectivity index (χ1v) is 5.93. The maximum atomic E-state index is 9.40. The third-order valence-electron chi connectivity index (χ3n) is 3.78. The van der Waals surface area contributed by atoms with Gasteiger partial charge in [-0.25, -0.2) is 0 Å². The lowest BCUT2D eigenvalue weighted by atomic mass is 9.71. The average molecular weight is 224 g/mol. The number of nitrogens with zero attached hydrogens (tertiary/aromatic N) is 2. The Bertz CT molecular complexity index is 275. The molecule has 90 valence electrons. The van der Waals surface area contributed by atoms with Crippen molar-refractivity contribution in [3.63, 3.8) is 0 Å². The lowest BCUT2D eigenvalue weighted by molar-refractivity contribution is -0.134. The summed E-state index contributed by atoms with van der Waals surface area (Å²) < 4.78 is 10.7. The Morgan fingerprint density at radius 3 is 2.25 bits per heavy atom. The predicted molar refractivity (Wildman–Crippen MR) is 59.9 cm³/mol. The van der Waals surface area contributed by atoms with E-state index >= 15 is 0 Å². The van der Waals surface area contributed by atoms with Crippen LogP contribution < -0.4 is 0 Å². The summed E-state index contributed by atoms with van der Waals surface area (Å²) in [5, 5.41) is 9.40. The van der Waals surface area contributed by atoms with Gasteiger partial charge in [0.05, 0.1) is 19.3 Å². The minimum Gasteiger partial charge on any atom is -0.381 e. The van der Waals surface area contributed by atoms with E-state index in [4.69, 9.17) is 9.47 Å². The van der Waals surface area contributed by atoms with Crippen LogP contribution in [0.15, 0.2) is 0 Å². The van der Waals surface area contributed by atoms with Gasteiger partial charge in [-0.3, -0.25) is 0 Å². The molecule has 0 bridgehead atoms. The quantitative estimate of drug-likeness (QED) is 0.714. The second kappa shape index (κ2) is 4.70. The molecule has 2 saturated heterocycles. The fraction of sp³-hybridized carbons (Fsp3) is 0.917. The van der Waals surface area contributed by atoms with E-state index in [9.17, 15) is 5.26 Å². The van der Waals surface area contributed by atoms with Gasteiger partial charge in [0, 0.05) is 19.3 Å². The number of rotatable bonds is 3. The molecule has 2 fully saturated rings. The van der Waals surface area contributed by atoms with Crippen LogP contribution >= 0.6 is 0 Å². The molecular weight excluding hydrogens is 204 g/mol. The van der Waals surface area contributed by atoms with Crippen molar-refractivity contribution >= 4 is 0 Å². The van der Waals surface area contributed by atoms with Crippen molar-refractivity contribution in [2.45, 2.75) is 18.9 Å². The Hall–Kier alpha value is -0.630. The first kappa shape index (κ1) is 11.8. The summed E-state index contributed by atoms with van der Waals surface area (Å²) in [6, 6.07) is 2.79. The molecule has 0 radical (unpaired) electrons. The molecule has 16 heavy (non-hydrogen) atoms. The molecule has 2 rings (SSSR count). The van der Waals surface area contributed by atoms with Gasteiger partial charge in [-0.05, 0) is 32.9 Å². The molecular formula is C12H20N2O2. The zero-order valence-electron chi connectivity index (χ0n) is 10.1. The minimum absolute atomic E-state index is 0.286. The van der Waals surface area contributed by atoms with Gasteiger partial charge in [-0.1, -0.05) is 0 Å². The highest BCUT2D eigenvalue weighted by atomic mass is 16.5. The summed E-state index contributed by atoms with van der Waals surface area (Å²) >= 11 is 0. The van der Waals surface area contributed by atoms with Crippen molar-refractivity contribution < 1.29 is 9.47 Å². The molecule has 0 amide bonds. The van der Waals surface area contributed by atoms with Gasteiger partial charge in [0.1, 0.15) is 5.41 Å². The summed E-state index contributed by atoms with van der Waals surface area (Å²) in [5.41, 5.74) is -0.286. The van der Waals surface area contributed by atoms with Gasteiger partial charge in [-0.15, -0.1) is 0 Å². The van der Waals surface area contributed by atoms with E-state index in [1.54, 1.807) is 0 Å². The molecule has 0 aromatic carbocycles. The highest BCUT2D eigenvalue weighted by molar-refractivity contribution is 5.12. The lowest BCUT2D eigenvalue weighted by Crippen LogP contribution is -2.59. The van der Waals surface area contributed by atoms with Crippen LogP contribution in [-0.2, 0) is 9.47 Å². The van der Waals surface area contributed by atoms with Crippen LogP contribution in [0.1, 0.15) is 12.8 Å². The molecule has 2 heterocycles. The topological polar surface area (TPSA) is 45.5 Å². The fourth-order valence-electron chi connectivity index (χ4n) is 3.02. The normalized spacial score (nSPS) is 27.1. The third-order valence-corrected chi connectivity index (χ3v) is 3.78. The Labute approximate surface area is 97.1 Å². The zero-order chi connectivity index (χ0) is 11.6. The molecule has 1 unspecified atom stereocenters. The van der Waals surface area contributed by atoms with Crippen molar-refractivity contribution in [2.24, 2.45) is 11.3 Å². The number of nitriles is 1. The molecule has 2 aliphatic heterocycles. The van der Waals surface area contributed by atoms with E-state index in [0.29, 0.717) is 25.2 Å². The van der Waals surface area contributed by atoms with Gasteiger partial charge < -0.3 is 14.4 Å². The van der Waals surface area contributed by atoms with Crippen LogP contribution in [0, 0.1) is 22.7 Å². The largest absolute Gasteiger partial charge is 0.381 e. The number of ether oxygens (including phenoxy) is 2. The molecule has 0 aliphatic carbocycles. The smallest absolute Gasteiger partial charge is 0.119 e. The molecule has 0 spiro atoms. The van der Waals surface area contributed by atoms with Crippen LogP contribution in [0.25, 0.3) is 0 Å². The van der Waals surface area contributed by atoms with E-state index in [1.807, 2.05) is 0 Å². The Morgan fingerprint density at radius 2 is 1.88 bits per heavy atom. The average Bonchev–Trinajstić information content (AvgIpc) is 2.24. The Kier molecular flexibility index (Phi) is 3.48. The molecule has 0 saturated carbocycles. The maximum Gasteiger partial charge on any atom is 0.119 e. The van der Waals surface area contributed by atoms with E-state index in [2.05, 4.69) is 25.1 Å². The second-order valence-corrected chi connectivity index (χ2v) is 5.12. The zero-order valence-corrected chi connectivity index (χ0v) is 10.1. The molecule has 2 aliphatic rings. The summed E-state index contributed by atoms with van der Waals surface area (Å²) in [6.07, 6.45) is 2.12. The summed E-state index contributed by atoms with van der Waals surface area (Å²) in [7, 11) is 4.13. The van der Waals surface area contributed by atoms with Crippen molar-refractivity contribution in [2.75, 3.05) is 40.5 Å². The van der Waals surface area contributed by atoms with Crippen molar-refractivity contribution in [1.82, 2.24) is 4.90 Å². The Morgan fingerprint density at radius 1 is 1.25 bits per heavy atom. The predicted octanol–water partition coefficient (Wildman–Crippen LogP) is 0.883. The molecule has 0 N–H and O–H groups in total. The van der Waals surface area contributed by atoms with E-state index < -0.39 is 0 Å². The molecule has 0 aromatic rings. The van der Waals surface area contributed by atoms with Gasteiger partial charge in [0.2, 0.25) is 0 Å². The Balaban J connectivity index is 2.13. The number of hydrogen-bond donors (Lipinski definition) is 0. The maximum absolute atomic E-state index is 9.40. The van der Waals surface area contributed by atoms with Crippen molar-refractivity contribution in [3.05, 3.63) is 0 Å². The van der Waals surface area contributed by atoms with E-state index in [0.717, 1.165) is 26.1 Å². The summed E-state index contributed by atoms with van der Waals surface area (Å²) in [4.78, 5) is 2.20. The molecule has 4 heteroatoms. The minimum atomic E-state index is -0.286. The van der Waals surface area contributed by atoms with Crippen LogP contribution in [-0.4, -0.2) is 51.5 Å². The molecule has 1 atom stereocenters. The van der Waals surface area contributed by atoms with Crippen molar-refractivity contribution in [3.8, 4) is 6.07 Å². The monoisotopic (exact) mass is 224 g/mol. The first-order chi connectivity index (χ1) is 7.69. The SMILES string of the molecule is CN(C)C(C1CCOCC1)C1(C#N)COC1. The van der Waals surface area contributed by atoms with Crippen LogP contribution in [0.4, 0.5) is 0 Å².